The third-order valence-corrected chi connectivity index (χ3v) is 5.95. The molecule has 2 amide bonds. The Morgan fingerprint density at radius 2 is 1.61 bits per heavy atom. The van der Waals surface area contributed by atoms with E-state index in [1.54, 1.807) is 60.7 Å². The molecular weight excluding hydrogens is 460 g/mol. The topological polar surface area (TPSA) is 105 Å². The summed E-state index contributed by atoms with van der Waals surface area (Å²) < 4.78 is 11.0. The molecule has 1 fully saturated rings. The summed E-state index contributed by atoms with van der Waals surface area (Å²) in [5.74, 6) is -1.40. The van der Waals surface area contributed by atoms with Crippen LogP contribution in [0, 0.1) is 6.92 Å². The van der Waals surface area contributed by atoms with Crippen molar-refractivity contribution in [3.8, 4) is 11.5 Å². The van der Waals surface area contributed by atoms with E-state index in [4.69, 9.17) is 9.47 Å². The van der Waals surface area contributed by atoms with Crippen molar-refractivity contribution < 1.29 is 29.0 Å². The second-order valence-electron chi connectivity index (χ2n) is 8.34. The molecule has 1 saturated heterocycles. The molecule has 1 aliphatic rings. The molecule has 0 radical (unpaired) electrons. The van der Waals surface area contributed by atoms with Crippen molar-refractivity contribution in [1.82, 2.24) is 0 Å². The van der Waals surface area contributed by atoms with Gasteiger partial charge in [0.1, 0.15) is 17.3 Å². The average molecular weight is 487 g/mol. The SMILES string of the molecule is COc1ccc(C)cc1/C(O)=C1\C(=O)C(=O)N(c2ccc(NC(C)=O)cc2)C1c1ccccc1OC. The number of hydrogen-bond acceptors (Lipinski definition) is 6. The average Bonchev–Trinajstić information content (AvgIpc) is 3.13. The monoisotopic (exact) mass is 486 g/mol. The fraction of sp³-hybridized carbons (Fsp3) is 0.179. The van der Waals surface area contributed by atoms with E-state index in [1.807, 2.05) is 13.0 Å². The van der Waals surface area contributed by atoms with Crippen LogP contribution in [0.1, 0.15) is 29.7 Å². The Morgan fingerprint density at radius 1 is 0.944 bits per heavy atom. The first kappa shape index (κ1) is 24.5. The van der Waals surface area contributed by atoms with Crippen LogP contribution in [0.3, 0.4) is 0 Å². The highest BCUT2D eigenvalue weighted by atomic mass is 16.5. The van der Waals surface area contributed by atoms with E-state index < -0.39 is 17.7 Å². The van der Waals surface area contributed by atoms with Crippen LogP contribution in [0.4, 0.5) is 11.4 Å². The van der Waals surface area contributed by atoms with Crippen LogP contribution in [-0.2, 0) is 14.4 Å². The number of aliphatic hydroxyl groups excluding tert-OH is 1. The van der Waals surface area contributed by atoms with E-state index in [1.165, 1.54) is 26.0 Å². The zero-order chi connectivity index (χ0) is 26.0. The van der Waals surface area contributed by atoms with Crippen LogP contribution in [-0.4, -0.2) is 36.9 Å². The summed E-state index contributed by atoms with van der Waals surface area (Å²) in [4.78, 5) is 39.6. The molecule has 1 heterocycles. The minimum atomic E-state index is -0.974. The molecule has 36 heavy (non-hydrogen) atoms. The minimum Gasteiger partial charge on any atom is -0.507 e. The van der Waals surface area contributed by atoms with Crippen molar-refractivity contribution in [1.29, 1.82) is 0 Å². The number of aryl methyl sites for hydroxylation is 1. The van der Waals surface area contributed by atoms with E-state index in [2.05, 4.69) is 5.32 Å². The molecule has 8 nitrogen and oxygen atoms in total. The number of carbonyl (C=O) groups is 3. The molecule has 1 atom stereocenters. The number of nitrogens with zero attached hydrogens (tertiary/aromatic N) is 1. The first-order valence-corrected chi connectivity index (χ1v) is 11.2. The highest BCUT2D eigenvalue weighted by Crippen LogP contribution is 2.45. The second-order valence-corrected chi connectivity index (χ2v) is 8.34. The molecule has 184 valence electrons. The molecule has 3 aromatic carbocycles. The lowest BCUT2D eigenvalue weighted by Gasteiger charge is -2.27. The molecule has 0 bridgehead atoms. The van der Waals surface area contributed by atoms with Gasteiger partial charge in [0.25, 0.3) is 11.7 Å². The maximum atomic E-state index is 13.4. The van der Waals surface area contributed by atoms with E-state index in [0.29, 0.717) is 34.0 Å². The van der Waals surface area contributed by atoms with Gasteiger partial charge < -0.3 is 19.9 Å². The quantitative estimate of drug-likeness (QED) is 0.300. The number of carbonyl (C=O) groups excluding carboxylic acids is 3. The predicted octanol–water partition coefficient (Wildman–Crippen LogP) is 4.60. The van der Waals surface area contributed by atoms with E-state index in [9.17, 15) is 19.5 Å². The number of amides is 2. The van der Waals surface area contributed by atoms with Gasteiger partial charge in [-0.3, -0.25) is 19.3 Å². The van der Waals surface area contributed by atoms with Gasteiger partial charge in [0.05, 0.1) is 31.4 Å². The number of ether oxygens (including phenoxy) is 2. The van der Waals surface area contributed by atoms with E-state index >= 15 is 0 Å². The van der Waals surface area contributed by atoms with Crippen molar-refractivity contribution in [2.75, 3.05) is 24.4 Å². The first-order valence-electron chi connectivity index (χ1n) is 11.2. The van der Waals surface area contributed by atoms with Crippen LogP contribution in [0.15, 0.2) is 72.3 Å². The summed E-state index contributed by atoms with van der Waals surface area (Å²) >= 11 is 0. The summed E-state index contributed by atoms with van der Waals surface area (Å²) in [6.07, 6.45) is 0. The smallest absolute Gasteiger partial charge is 0.300 e. The number of ketones is 1. The minimum absolute atomic E-state index is 0.0839. The molecule has 1 aliphatic heterocycles. The molecule has 8 heteroatoms. The zero-order valence-electron chi connectivity index (χ0n) is 20.4. The Bertz CT molecular complexity index is 1380. The van der Waals surface area contributed by atoms with Gasteiger partial charge in [0.15, 0.2) is 0 Å². The summed E-state index contributed by atoms with van der Waals surface area (Å²) in [6.45, 7) is 3.25. The maximum Gasteiger partial charge on any atom is 0.300 e. The largest absolute Gasteiger partial charge is 0.507 e. The van der Waals surface area contributed by atoms with Gasteiger partial charge in [-0.15, -0.1) is 0 Å². The predicted molar refractivity (Wildman–Crippen MR) is 136 cm³/mol. The normalized spacial score (nSPS) is 16.7. The van der Waals surface area contributed by atoms with Gasteiger partial charge >= 0.3 is 0 Å². The van der Waals surface area contributed by atoms with Crippen molar-refractivity contribution in [2.45, 2.75) is 19.9 Å². The first-order chi connectivity index (χ1) is 17.3. The highest BCUT2D eigenvalue weighted by molar-refractivity contribution is 6.51. The molecule has 0 saturated carbocycles. The number of hydrogen-bond donors (Lipinski definition) is 2. The third-order valence-electron chi connectivity index (χ3n) is 5.95. The molecule has 4 rings (SSSR count). The Hall–Kier alpha value is -4.59. The standard InChI is InChI=1S/C28H26N2O6/c1-16-9-14-23(36-4)21(15-16)26(32)24-25(20-7-5-6-8-22(20)35-3)30(28(34)27(24)33)19-12-10-18(11-13-19)29-17(2)31/h5-15,25,32H,1-4H3,(H,29,31)/b26-24+. The Balaban J connectivity index is 1.96. The summed E-state index contributed by atoms with van der Waals surface area (Å²) in [5.41, 5.74) is 2.54. The van der Waals surface area contributed by atoms with Crippen LogP contribution in [0.5, 0.6) is 11.5 Å². The molecule has 0 aromatic heterocycles. The lowest BCUT2D eigenvalue weighted by atomic mass is 9.93. The number of Topliss-reactive ketones (excluding diaryl/α,β-unsaturated/α-hetero) is 1. The van der Waals surface area contributed by atoms with Gasteiger partial charge in [-0.25, -0.2) is 0 Å². The number of methoxy groups -OCH3 is 2. The molecule has 3 aromatic rings. The molecular formula is C28H26N2O6. The highest BCUT2D eigenvalue weighted by Gasteiger charge is 2.48. The van der Waals surface area contributed by atoms with E-state index in [0.717, 1.165) is 5.56 Å². The third kappa shape index (κ3) is 4.40. The van der Waals surface area contributed by atoms with Crippen molar-refractivity contribution >= 4 is 34.7 Å². The van der Waals surface area contributed by atoms with Crippen molar-refractivity contribution in [3.63, 3.8) is 0 Å². The van der Waals surface area contributed by atoms with Gasteiger partial charge in [-0.1, -0.05) is 29.8 Å². The van der Waals surface area contributed by atoms with E-state index in [-0.39, 0.29) is 17.2 Å². The van der Waals surface area contributed by atoms with Gasteiger partial charge in [0.2, 0.25) is 5.91 Å². The lowest BCUT2D eigenvalue weighted by Crippen LogP contribution is -2.29. The number of para-hydroxylation sites is 1. The Labute approximate surface area is 208 Å². The van der Waals surface area contributed by atoms with Crippen LogP contribution >= 0.6 is 0 Å². The second kappa shape index (κ2) is 9.95. The Morgan fingerprint density at radius 3 is 2.25 bits per heavy atom. The molecule has 0 aliphatic carbocycles. The number of anilines is 2. The number of aliphatic hydroxyl groups is 1. The number of nitrogens with one attached hydrogen (secondary N) is 1. The van der Waals surface area contributed by atoms with Crippen molar-refractivity contribution in [2.24, 2.45) is 0 Å². The molecule has 2 N–H and O–H groups in total. The molecule has 1 unspecified atom stereocenters. The lowest BCUT2D eigenvalue weighted by molar-refractivity contribution is -0.132. The van der Waals surface area contributed by atoms with Crippen molar-refractivity contribution in [3.05, 3.63) is 89.0 Å². The summed E-state index contributed by atoms with van der Waals surface area (Å²) in [5, 5.41) is 14.1. The fourth-order valence-corrected chi connectivity index (χ4v) is 4.35. The van der Waals surface area contributed by atoms with Gasteiger partial charge in [-0.05, 0) is 49.4 Å². The summed E-state index contributed by atoms with van der Waals surface area (Å²) in [6, 6.07) is 17.8. The van der Waals surface area contributed by atoms with Crippen LogP contribution < -0.4 is 19.7 Å². The fourth-order valence-electron chi connectivity index (χ4n) is 4.35. The Kier molecular flexibility index (Phi) is 6.78. The number of rotatable bonds is 6. The van der Waals surface area contributed by atoms with Crippen LogP contribution in [0.25, 0.3) is 5.76 Å². The summed E-state index contributed by atoms with van der Waals surface area (Å²) in [7, 11) is 2.96. The van der Waals surface area contributed by atoms with Gasteiger partial charge in [-0.2, -0.15) is 0 Å². The van der Waals surface area contributed by atoms with Crippen LogP contribution in [0.2, 0.25) is 0 Å². The zero-order valence-corrected chi connectivity index (χ0v) is 20.4. The van der Waals surface area contributed by atoms with Gasteiger partial charge in [0, 0.05) is 23.9 Å². The molecule has 0 spiro atoms. The maximum absolute atomic E-state index is 13.4. The number of benzene rings is 3.